The fraction of sp³-hybridized carbons (Fsp3) is 0.581. The van der Waals surface area contributed by atoms with Crippen LogP contribution in [0.1, 0.15) is 125 Å². The summed E-state index contributed by atoms with van der Waals surface area (Å²) in [7, 11) is 14.5. The van der Waals surface area contributed by atoms with Crippen molar-refractivity contribution in [3.63, 3.8) is 0 Å². The van der Waals surface area contributed by atoms with Crippen molar-refractivity contribution >= 4 is 51.9 Å². The molecule has 0 unspecified atom stereocenters. The van der Waals surface area contributed by atoms with E-state index in [9.17, 15) is 0 Å². The first kappa shape index (κ1) is 62.3. The predicted molar refractivity (Wildman–Crippen MR) is 257 cm³/mol. The number of hydrogen-bond donors (Lipinski definition) is 2. The van der Waals surface area contributed by atoms with Gasteiger partial charge in [0.25, 0.3) is 0 Å². The van der Waals surface area contributed by atoms with E-state index in [-0.39, 0.29) is 63.9 Å². The Balaban J connectivity index is -0.000000768. The van der Waals surface area contributed by atoms with Crippen LogP contribution < -0.4 is 46.5 Å². The Bertz CT molecular complexity index is 1690. The number of pyridine rings is 3. The van der Waals surface area contributed by atoms with Gasteiger partial charge in [-0.1, -0.05) is 43.4 Å². The van der Waals surface area contributed by atoms with E-state index in [1.54, 1.807) is 4.90 Å². The Kier molecular flexibility index (Phi) is 28.1. The van der Waals surface area contributed by atoms with Gasteiger partial charge in [0.1, 0.15) is 0 Å². The van der Waals surface area contributed by atoms with Crippen LogP contribution in [0, 0.1) is 21.1 Å². The van der Waals surface area contributed by atoms with Crippen molar-refractivity contribution in [2.24, 2.45) is 14.7 Å². The fourth-order valence-corrected chi connectivity index (χ4v) is 16.7. The van der Waals surface area contributed by atoms with Gasteiger partial charge in [-0.15, -0.1) is 23.1 Å². The molecule has 3 rings (SSSR count). The minimum Gasteiger partial charge on any atom is 0 e. The second-order valence-electron chi connectivity index (χ2n) is 20.1. The largest absolute Gasteiger partial charge is 0 e. The number of hydrogen-bond acceptors (Lipinski definition) is 6. The van der Waals surface area contributed by atoms with E-state index >= 15 is 0 Å². The van der Waals surface area contributed by atoms with Gasteiger partial charge in [-0.2, -0.15) is 0 Å². The van der Waals surface area contributed by atoms with Crippen LogP contribution in [0.3, 0.4) is 0 Å². The topological polar surface area (TPSA) is 107 Å². The summed E-state index contributed by atoms with van der Waals surface area (Å²) in [6, 6.07) is 17.6. The number of anilines is 3. The van der Waals surface area contributed by atoms with Gasteiger partial charge in [0.05, 0.1) is 55.2 Å². The van der Waals surface area contributed by atoms with Crippen molar-refractivity contribution < 1.29 is 47.6 Å². The van der Waals surface area contributed by atoms with Gasteiger partial charge in [0, 0.05) is 50.1 Å². The molecule has 3 heterocycles. The van der Waals surface area contributed by atoms with Crippen LogP contribution in [0.15, 0.2) is 69.3 Å². The second kappa shape index (κ2) is 26.6. The average Bonchev–Trinajstić information content (AvgIpc) is 3.07. The van der Waals surface area contributed by atoms with Crippen LogP contribution >= 0.6 is 34.4 Å². The smallest absolute Gasteiger partial charge is 0 e. The molecule has 3 aromatic rings. The number of halogens is 1. The summed E-state index contributed by atoms with van der Waals surface area (Å²) < 4.78 is 4.98. The summed E-state index contributed by atoms with van der Waals surface area (Å²) >= 11 is 3.35. The fourth-order valence-electron chi connectivity index (χ4n) is 6.68. The summed E-state index contributed by atoms with van der Waals surface area (Å²) in [5.74, 6) is 2.66. The average molecular weight is 1020 g/mol. The third-order valence-electron chi connectivity index (χ3n) is 8.06. The molecular formula is C43H77ClN9Ni3P3-3. The van der Waals surface area contributed by atoms with Gasteiger partial charge in [-0.3, -0.25) is 0 Å². The molecule has 59 heavy (non-hydrogen) atoms. The molecule has 0 amide bonds. The molecule has 2 N–H and O–H groups in total. The summed E-state index contributed by atoms with van der Waals surface area (Å²) in [6.45, 7) is 41.1. The van der Waals surface area contributed by atoms with Crippen LogP contribution in [-0.4, -0.2) is 38.0 Å². The van der Waals surface area contributed by atoms with Crippen molar-refractivity contribution in [1.29, 1.82) is 0 Å². The monoisotopic (exact) mass is 1020 g/mol. The molecule has 0 aliphatic carbocycles. The molecule has 0 aliphatic heterocycles. The van der Waals surface area contributed by atoms with Crippen molar-refractivity contribution in [3.8, 4) is 0 Å². The summed E-state index contributed by atoms with van der Waals surface area (Å²) in [5.41, 5.74) is 2.17. The molecule has 0 bridgehead atoms. The van der Waals surface area contributed by atoms with E-state index in [1.807, 2.05) is 61.6 Å². The van der Waals surface area contributed by atoms with E-state index in [0.717, 1.165) is 22.9 Å². The molecule has 9 nitrogen and oxygen atoms in total. The van der Waals surface area contributed by atoms with E-state index in [0.29, 0.717) is 11.0 Å². The molecule has 3 aromatic heterocycles. The number of aromatic nitrogens is 3. The first-order chi connectivity index (χ1) is 25.8. The maximum absolute atomic E-state index is 4.98. The molecule has 0 radical (unpaired) electrons. The zero-order chi connectivity index (χ0) is 44.8. The third kappa shape index (κ3) is 23.9. The molecule has 0 aliphatic rings. The molecule has 0 fully saturated rings. The van der Waals surface area contributed by atoms with Gasteiger partial charge in [-0.05, 0) is 137 Å². The molecular weight excluding hydrogens is 947 g/mol. The first-order valence-corrected chi connectivity index (χ1v) is 25.0. The Morgan fingerprint density at radius 2 is 0.831 bits per heavy atom. The molecule has 0 saturated carbocycles. The van der Waals surface area contributed by atoms with Crippen molar-refractivity contribution in [2.45, 2.75) is 156 Å². The maximum Gasteiger partial charge on any atom is 0 e. The van der Waals surface area contributed by atoms with Crippen LogP contribution in [0.25, 0.3) is 0 Å². The summed E-state index contributed by atoms with van der Waals surface area (Å²) in [5, 5.41) is 8.69. The quantitative estimate of drug-likeness (QED) is 0.145. The molecule has 0 saturated heterocycles. The first-order valence-electron chi connectivity index (χ1n) is 19.2. The van der Waals surface area contributed by atoms with Gasteiger partial charge in [-0.25, -0.2) is 18.9 Å². The summed E-state index contributed by atoms with van der Waals surface area (Å²) in [6.07, 6.45) is 0. The normalized spacial score (nSPS) is 13.2. The molecule has 0 spiro atoms. The zero-order valence-electron chi connectivity index (χ0n) is 39.3. The molecule has 16 heteroatoms. The summed E-state index contributed by atoms with van der Waals surface area (Å²) in [4.78, 5) is 23.0. The number of nitrogens with zero attached hydrogens (tertiary/aromatic N) is 7. The number of nitrogens with one attached hydrogen (secondary N) is 2. The van der Waals surface area contributed by atoms with Crippen molar-refractivity contribution in [3.05, 3.63) is 92.2 Å². The van der Waals surface area contributed by atoms with Gasteiger partial charge in [0.15, 0.2) is 0 Å². The molecule has 0 aromatic carbocycles. The molecule has 0 atom stereocenters. The Morgan fingerprint density at radius 1 is 0.525 bits per heavy atom. The Hall–Kier alpha value is -0.949. The van der Waals surface area contributed by atoms with E-state index in [1.165, 1.54) is 0 Å². The minimum absolute atomic E-state index is 0. The van der Waals surface area contributed by atoms with Gasteiger partial charge >= 0.3 is 24.8 Å². The second-order valence-corrected chi connectivity index (χ2v) is 32.0. The van der Waals surface area contributed by atoms with E-state index in [2.05, 4.69) is 206 Å². The number of rotatable bonds is 6. The van der Waals surface area contributed by atoms with Gasteiger partial charge in [0.2, 0.25) is 0 Å². The van der Waals surface area contributed by atoms with Crippen LogP contribution in [0.2, 0.25) is 0 Å². The zero-order valence-corrected chi connectivity index (χ0v) is 46.0. The predicted octanol–water partition coefficient (Wildman–Crippen LogP) is 11.1. The SMILES string of the molecule is [CH2-]N(C)c1cccc(=N[PH+](C(C)(C)C)C(C)(C)C)[n-]1.[CH2-]N=c1cccc(N[PH+](C(C)(C)C)C(C)(C)C)[n-]1.[CH2-]N=c1cccc(N[PH+](C(C)(C)C)C(C)(C)C)[n-]1.[Cl][Ni].[Ni].[Ni]. The van der Waals surface area contributed by atoms with E-state index < -0.39 is 24.2 Å². The van der Waals surface area contributed by atoms with Crippen molar-refractivity contribution in [2.75, 3.05) is 22.1 Å². The van der Waals surface area contributed by atoms with Crippen LogP contribution in [0.5, 0.6) is 0 Å². The van der Waals surface area contributed by atoms with E-state index in [4.69, 9.17) is 4.76 Å². The van der Waals surface area contributed by atoms with Crippen molar-refractivity contribution in [1.82, 2.24) is 15.0 Å². The Labute approximate surface area is 396 Å². The van der Waals surface area contributed by atoms with Crippen LogP contribution in [0.4, 0.5) is 17.5 Å². The molecule has 349 valence electrons. The minimum atomic E-state index is -0.946. The standard InChI is InChI=1S/C15H26N3P.2C14H24N3P.ClH.3Ni/c1-14(2,3)19(15(4,5)6)17-12-10-9-11-13(16-12)18(7)8;2*1-13(2,3)18(14(4,5)6)17-12-10-8-9-11(15-7)16-12;;;;/h9-11H,7H2,1-6,8H3;2*8-10H,7H2,1-6H3,(H-,15,16,17);1H;;;/q3*-2;;;;+1/p+2. The Morgan fingerprint density at radius 3 is 1.10 bits per heavy atom. The third-order valence-corrected chi connectivity index (χ3v) is 18.4. The van der Waals surface area contributed by atoms with Gasteiger partial charge < -0.3 is 47.1 Å². The van der Waals surface area contributed by atoms with Crippen LogP contribution in [-0.2, 0) is 47.6 Å². The maximum atomic E-state index is 4.98.